The third-order valence-electron chi connectivity index (χ3n) is 0.840. The van der Waals surface area contributed by atoms with E-state index in [1.165, 1.54) is 0 Å². The number of hydrogen-bond donors (Lipinski definition) is 1. The maximum absolute atomic E-state index is 9.96. The van der Waals surface area contributed by atoms with Crippen molar-refractivity contribution in [1.82, 2.24) is 0 Å². The van der Waals surface area contributed by atoms with Crippen LogP contribution in [0.25, 0.3) is 0 Å². The van der Waals surface area contributed by atoms with Gasteiger partial charge >= 0.3 is 5.97 Å². The molecule has 0 aromatic rings. The van der Waals surface area contributed by atoms with E-state index in [9.17, 15) is 4.79 Å². The molecule has 0 amide bonds. The van der Waals surface area contributed by atoms with Gasteiger partial charge in [-0.2, -0.15) is 0 Å². The highest BCUT2D eigenvalue weighted by Gasteiger charge is 1.95. The van der Waals surface area contributed by atoms with E-state index in [4.69, 9.17) is 9.84 Å². The first-order valence-corrected chi connectivity index (χ1v) is 3.39. The molecule has 58 valence electrons. The molecular formula is C6H10O3S. The molecule has 0 saturated heterocycles. The summed E-state index contributed by atoms with van der Waals surface area (Å²) in [6, 6.07) is 0. The molecule has 4 heteroatoms. The lowest BCUT2D eigenvalue weighted by Crippen LogP contribution is -2.01. The summed E-state index contributed by atoms with van der Waals surface area (Å²) in [5, 5.41) is 8.65. The first-order valence-electron chi connectivity index (χ1n) is 2.98. The van der Waals surface area contributed by atoms with Gasteiger partial charge in [0.2, 0.25) is 0 Å². The zero-order valence-corrected chi connectivity index (χ0v) is 6.61. The Morgan fingerprint density at radius 1 is 1.70 bits per heavy atom. The minimum atomic E-state index is -0.800. The van der Waals surface area contributed by atoms with E-state index in [0.29, 0.717) is 18.1 Å². The SMILES string of the molecule is CC(=S)OCCCC(=O)O. The molecule has 0 aromatic carbocycles. The van der Waals surface area contributed by atoms with Crippen LogP contribution in [0.4, 0.5) is 0 Å². The molecule has 10 heavy (non-hydrogen) atoms. The first kappa shape index (κ1) is 9.36. The Kier molecular flexibility index (Phi) is 4.84. The van der Waals surface area contributed by atoms with Crippen molar-refractivity contribution >= 4 is 23.2 Å². The number of ether oxygens (including phenoxy) is 1. The van der Waals surface area contributed by atoms with Crippen LogP contribution >= 0.6 is 12.2 Å². The second-order valence-electron chi connectivity index (χ2n) is 1.84. The van der Waals surface area contributed by atoms with Gasteiger partial charge in [-0.15, -0.1) is 0 Å². The Morgan fingerprint density at radius 3 is 2.70 bits per heavy atom. The lowest BCUT2D eigenvalue weighted by molar-refractivity contribution is -0.137. The third kappa shape index (κ3) is 7.36. The summed E-state index contributed by atoms with van der Waals surface area (Å²) >= 11 is 4.60. The Hall–Kier alpha value is -0.640. The average Bonchev–Trinajstić information content (AvgIpc) is 1.79. The summed E-state index contributed by atoms with van der Waals surface area (Å²) in [5.41, 5.74) is 0. The number of thiocarbonyl (C=S) groups is 1. The molecule has 0 saturated carbocycles. The van der Waals surface area contributed by atoms with Gasteiger partial charge < -0.3 is 9.84 Å². The van der Waals surface area contributed by atoms with Crippen LogP contribution in [0.1, 0.15) is 19.8 Å². The third-order valence-corrected chi connectivity index (χ3v) is 0.958. The van der Waals surface area contributed by atoms with Gasteiger partial charge in [0.05, 0.1) is 6.61 Å². The summed E-state index contributed by atoms with van der Waals surface area (Å²) in [4.78, 5) is 9.96. The van der Waals surface area contributed by atoms with Gasteiger partial charge in [-0.3, -0.25) is 4.79 Å². The number of carboxylic acids is 1. The van der Waals surface area contributed by atoms with Crippen LogP contribution in [-0.4, -0.2) is 22.7 Å². The number of carbonyl (C=O) groups is 1. The quantitative estimate of drug-likeness (QED) is 0.498. The van der Waals surface area contributed by atoms with Crippen LogP contribution in [0, 0.1) is 0 Å². The number of hydrogen-bond acceptors (Lipinski definition) is 3. The van der Waals surface area contributed by atoms with Crippen molar-refractivity contribution in [3.8, 4) is 0 Å². The van der Waals surface area contributed by atoms with Crippen LogP contribution in [0.3, 0.4) is 0 Å². The predicted molar refractivity (Wildman–Crippen MR) is 41.1 cm³/mol. The second-order valence-corrected chi connectivity index (χ2v) is 2.41. The average molecular weight is 162 g/mol. The molecule has 0 heterocycles. The smallest absolute Gasteiger partial charge is 0.303 e. The van der Waals surface area contributed by atoms with E-state index in [2.05, 4.69) is 12.2 Å². The van der Waals surface area contributed by atoms with Gasteiger partial charge in [0.15, 0.2) is 5.05 Å². The standard InChI is InChI=1S/C6H10O3S/c1-5(10)9-4-2-3-6(7)8/h2-4H2,1H3,(H,7,8). The summed E-state index contributed by atoms with van der Waals surface area (Å²) in [6.45, 7) is 2.07. The molecule has 1 N–H and O–H groups in total. The summed E-state index contributed by atoms with van der Waals surface area (Å²) in [5.74, 6) is -0.800. The van der Waals surface area contributed by atoms with E-state index < -0.39 is 5.97 Å². The molecule has 0 atom stereocenters. The van der Waals surface area contributed by atoms with Gasteiger partial charge in [-0.25, -0.2) is 0 Å². The van der Waals surface area contributed by atoms with E-state index in [-0.39, 0.29) is 6.42 Å². The number of rotatable bonds is 4. The van der Waals surface area contributed by atoms with Crippen LogP contribution in [-0.2, 0) is 9.53 Å². The van der Waals surface area contributed by atoms with Crippen molar-refractivity contribution in [3.05, 3.63) is 0 Å². The number of aliphatic carboxylic acids is 1. The van der Waals surface area contributed by atoms with Crippen molar-refractivity contribution in [2.75, 3.05) is 6.61 Å². The van der Waals surface area contributed by atoms with E-state index >= 15 is 0 Å². The van der Waals surface area contributed by atoms with Crippen molar-refractivity contribution in [1.29, 1.82) is 0 Å². The Morgan fingerprint density at radius 2 is 2.30 bits per heavy atom. The monoisotopic (exact) mass is 162 g/mol. The highest BCUT2D eigenvalue weighted by Crippen LogP contribution is 1.90. The lowest BCUT2D eigenvalue weighted by Gasteiger charge is -1.99. The molecule has 0 aliphatic rings. The highest BCUT2D eigenvalue weighted by molar-refractivity contribution is 7.80. The lowest BCUT2D eigenvalue weighted by atomic mass is 10.3. The zero-order valence-electron chi connectivity index (χ0n) is 5.79. The molecular weight excluding hydrogens is 152 g/mol. The van der Waals surface area contributed by atoms with Crippen molar-refractivity contribution < 1.29 is 14.6 Å². The Balaban J connectivity index is 3.06. The van der Waals surface area contributed by atoms with E-state index in [0.717, 1.165) is 0 Å². The molecule has 0 aliphatic carbocycles. The molecule has 0 unspecified atom stereocenters. The molecule has 0 aliphatic heterocycles. The fourth-order valence-corrected chi connectivity index (χ4v) is 0.523. The van der Waals surface area contributed by atoms with Gasteiger partial charge in [-0.05, 0) is 18.6 Å². The fraction of sp³-hybridized carbons (Fsp3) is 0.667. The molecule has 0 aromatic heterocycles. The topological polar surface area (TPSA) is 46.5 Å². The van der Waals surface area contributed by atoms with Crippen LogP contribution in [0.5, 0.6) is 0 Å². The highest BCUT2D eigenvalue weighted by atomic mass is 32.1. The van der Waals surface area contributed by atoms with Gasteiger partial charge in [0.1, 0.15) is 0 Å². The predicted octanol–water partition coefficient (Wildman–Crippen LogP) is 1.22. The van der Waals surface area contributed by atoms with Gasteiger partial charge in [-0.1, -0.05) is 0 Å². The van der Waals surface area contributed by atoms with Crippen molar-refractivity contribution in [3.63, 3.8) is 0 Å². The van der Waals surface area contributed by atoms with E-state index in [1.807, 2.05) is 0 Å². The maximum Gasteiger partial charge on any atom is 0.303 e. The van der Waals surface area contributed by atoms with Gasteiger partial charge in [0.25, 0.3) is 0 Å². The maximum atomic E-state index is 9.96. The van der Waals surface area contributed by atoms with Crippen LogP contribution in [0.15, 0.2) is 0 Å². The Bertz CT molecular complexity index is 117. The van der Waals surface area contributed by atoms with Crippen molar-refractivity contribution in [2.45, 2.75) is 19.8 Å². The van der Waals surface area contributed by atoms with Crippen LogP contribution < -0.4 is 0 Å². The van der Waals surface area contributed by atoms with Crippen molar-refractivity contribution in [2.24, 2.45) is 0 Å². The molecule has 0 bridgehead atoms. The second kappa shape index (κ2) is 5.17. The number of carboxylic acid groups (broad SMARTS) is 1. The fourth-order valence-electron chi connectivity index (χ4n) is 0.439. The zero-order chi connectivity index (χ0) is 7.98. The Labute approximate surface area is 65.0 Å². The first-order chi connectivity index (χ1) is 4.63. The summed E-state index contributed by atoms with van der Waals surface area (Å²) in [7, 11) is 0. The molecule has 0 rings (SSSR count). The van der Waals surface area contributed by atoms with Crippen LogP contribution in [0.2, 0.25) is 0 Å². The minimum Gasteiger partial charge on any atom is -0.487 e. The summed E-state index contributed by atoms with van der Waals surface area (Å²) in [6.07, 6.45) is 0.659. The largest absolute Gasteiger partial charge is 0.487 e. The minimum absolute atomic E-state index is 0.141. The molecule has 0 spiro atoms. The summed E-state index contributed by atoms with van der Waals surface area (Å²) < 4.78 is 4.86. The van der Waals surface area contributed by atoms with Gasteiger partial charge in [0, 0.05) is 13.3 Å². The molecule has 0 radical (unpaired) electrons. The normalized spacial score (nSPS) is 8.90. The molecule has 3 nitrogen and oxygen atoms in total. The van der Waals surface area contributed by atoms with E-state index in [1.54, 1.807) is 6.92 Å². The molecule has 0 fully saturated rings.